The number of hydrogen-bond acceptors (Lipinski definition) is 6. The highest BCUT2D eigenvalue weighted by molar-refractivity contribution is 9.11. The van der Waals surface area contributed by atoms with Crippen molar-refractivity contribution in [3.05, 3.63) is 87.1 Å². The molecule has 0 radical (unpaired) electrons. The molecule has 0 spiro atoms. The molecule has 40 heavy (non-hydrogen) atoms. The molecule has 0 bridgehead atoms. The highest BCUT2D eigenvalue weighted by Crippen LogP contribution is 2.41. The summed E-state index contributed by atoms with van der Waals surface area (Å²) in [6.45, 7) is 0. The van der Waals surface area contributed by atoms with E-state index in [1.807, 2.05) is 48.5 Å². The molecule has 0 fully saturated rings. The van der Waals surface area contributed by atoms with Crippen LogP contribution in [0.2, 0.25) is 0 Å². The van der Waals surface area contributed by atoms with Gasteiger partial charge in [0, 0.05) is 23.3 Å². The van der Waals surface area contributed by atoms with Crippen LogP contribution in [0.25, 0.3) is 50.3 Å². The summed E-state index contributed by atoms with van der Waals surface area (Å²) in [5, 5.41) is 8.81. The van der Waals surface area contributed by atoms with Gasteiger partial charge in [-0.05, 0) is 56.1 Å². The van der Waals surface area contributed by atoms with Crippen LogP contribution in [0.1, 0.15) is 0 Å². The molecule has 6 rings (SSSR count). The lowest BCUT2D eigenvalue weighted by Crippen LogP contribution is -2.02. The van der Waals surface area contributed by atoms with E-state index in [1.165, 1.54) is 0 Å². The minimum atomic E-state index is -1.57. The fourth-order valence-electron chi connectivity index (χ4n) is 4.28. The number of benzene rings is 4. The van der Waals surface area contributed by atoms with Gasteiger partial charge in [0.05, 0.1) is 40.2 Å². The van der Waals surface area contributed by atoms with E-state index >= 15 is 0 Å². The maximum Gasteiger partial charge on any atom is 0.194 e. The summed E-state index contributed by atoms with van der Waals surface area (Å²) < 4.78 is 53.2. The van der Waals surface area contributed by atoms with Crippen molar-refractivity contribution >= 4 is 53.9 Å². The summed E-state index contributed by atoms with van der Waals surface area (Å²) in [4.78, 5) is 11.0. The lowest BCUT2D eigenvalue weighted by Gasteiger charge is -2.13. The predicted octanol–water partition coefficient (Wildman–Crippen LogP) is 7.66. The van der Waals surface area contributed by atoms with Crippen LogP contribution in [0, 0.1) is 17.5 Å². The number of fused-ring (bicyclic) bond motifs is 2. The molecular formula is C28H16Br2F3N5O2. The zero-order chi connectivity index (χ0) is 28.1. The Bertz CT molecular complexity index is 1830. The minimum Gasteiger partial charge on any atom is -0.497 e. The van der Waals surface area contributed by atoms with Gasteiger partial charge >= 0.3 is 0 Å². The molecule has 0 aliphatic carbocycles. The molecule has 6 aromatic rings. The first-order valence-corrected chi connectivity index (χ1v) is 13.3. The summed E-state index contributed by atoms with van der Waals surface area (Å²) >= 11 is 7.18. The monoisotopic (exact) mass is 669 g/mol. The van der Waals surface area contributed by atoms with Crippen LogP contribution in [0.15, 0.2) is 69.6 Å². The van der Waals surface area contributed by atoms with Crippen LogP contribution in [-0.4, -0.2) is 39.2 Å². The third-order valence-electron chi connectivity index (χ3n) is 6.23. The summed E-state index contributed by atoms with van der Waals surface area (Å²) in [7, 11) is 3.17. The van der Waals surface area contributed by atoms with Crippen molar-refractivity contribution in [2.75, 3.05) is 14.2 Å². The smallest absolute Gasteiger partial charge is 0.194 e. The predicted molar refractivity (Wildman–Crippen MR) is 151 cm³/mol. The van der Waals surface area contributed by atoms with Gasteiger partial charge in [-0.1, -0.05) is 24.3 Å². The molecule has 0 atom stereocenters. The summed E-state index contributed by atoms with van der Waals surface area (Å²) in [5.74, 6) is -2.98. The van der Waals surface area contributed by atoms with E-state index in [2.05, 4.69) is 42.1 Å². The largest absolute Gasteiger partial charge is 0.497 e. The van der Waals surface area contributed by atoms with Crippen LogP contribution >= 0.6 is 31.9 Å². The second-order valence-corrected chi connectivity index (χ2v) is 10.2. The van der Waals surface area contributed by atoms with Crippen molar-refractivity contribution in [1.29, 1.82) is 0 Å². The van der Waals surface area contributed by atoms with E-state index in [4.69, 9.17) is 19.4 Å². The van der Waals surface area contributed by atoms with E-state index in [-0.39, 0.29) is 5.69 Å². The Morgan fingerprint density at radius 1 is 0.650 bits per heavy atom. The highest BCUT2D eigenvalue weighted by Gasteiger charge is 2.23. The van der Waals surface area contributed by atoms with Gasteiger partial charge in [-0.3, -0.25) is 0 Å². The van der Waals surface area contributed by atoms with Gasteiger partial charge in [-0.15, -0.1) is 10.2 Å². The number of ether oxygens (including phenoxy) is 2. The maximum absolute atomic E-state index is 13.9. The average Bonchev–Trinajstić information content (AvgIpc) is 3.44. The fourth-order valence-corrected chi connectivity index (χ4v) is 5.37. The Morgan fingerprint density at radius 2 is 1.10 bits per heavy atom. The Balaban J connectivity index is 1.65. The molecule has 200 valence electrons. The number of halogens is 5. The fraction of sp³-hybridized carbons (Fsp3) is 0.0714. The first-order valence-electron chi connectivity index (χ1n) is 11.7. The lowest BCUT2D eigenvalue weighted by molar-refractivity contribution is 0.415. The number of hydrogen-bond donors (Lipinski definition) is 0. The number of nitrogens with zero attached hydrogens (tertiary/aromatic N) is 5. The lowest BCUT2D eigenvalue weighted by atomic mass is 10.0. The molecule has 7 nitrogen and oxygen atoms in total. The van der Waals surface area contributed by atoms with Gasteiger partial charge in [-0.2, -0.15) is 4.80 Å². The molecule has 2 heterocycles. The standard InChI is InChI=1S/C28H16Br2F3N5O2/c1-39-16-7-3-5-13(9-16)23-24(14-6-4-8-17(10-14)40-2)35-26-21(30)28-27(20(29)25(26)34-23)36-38(37-28)15-11-18(31)22(33)19(32)12-15/h3-12H,1-2H3. The van der Waals surface area contributed by atoms with Crippen LogP contribution < -0.4 is 9.47 Å². The summed E-state index contributed by atoms with van der Waals surface area (Å²) in [6, 6.07) is 16.5. The molecule has 0 N–H and O–H groups in total. The van der Waals surface area contributed by atoms with Crippen molar-refractivity contribution in [2.45, 2.75) is 0 Å². The van der Waals surface area contributed by atoms with Crippen molar-refractivity contribution in [3.8, 4) is 39.7 Å². The molecule has 4 aromatic carbocycles. The second kappa shape index (κ2) is 10.2. The SMILES string of the molecule is COc1cccc(-c2nc3c(Br)c4nn(-c5cc(F)c(F)c(F)c5)nc4c(Br)c3nc2-c2cccc(OC)c2)c1. The quantitative estimate of drug-likeness (QED) is 0.175. The first-order chi connectivity index (χ1) is 19.3. The van der Waals surface area contributed by atoms with E-state index in [9.17, 15) is 13.2 Å². The van der Waals surface area contributed by atoms with Crippen molar-refractivity contribution in [1.82, 2.24) is 25.0 Å². The summed E-state index contributed by atoms with van der Waals surface area (Å²) in [6.07, 6.45) is 0. The van der Waals surface area contributed by atoms with E-state index in [0.29, 0.717) is 53.9 Å². The zero-order valence-electron chi connectivity index (χ0n) is 20.7. The van der Waals surface area contributed by atoms with Crippen LogP contribution in [0.5, 0.6) is 11.5 Å². The van der Waals surface area contributed by atoms with E-state index < -0.39 is 17.5 Å². The van der Waals surface area contributed by atoms with Crippen LogP contribution in [-0.2, 0) is 0 Å². The first kappa shape index (κ1) is 26.2. The zero-order valence-corrected chi connectivity index (χ0v) is 23.9. The molecule has 0 aliphatic rings. The van der Waals surface area contributed by atoms with Crippen LogP contribution in [0.4, 0.5) is 13.2 Å². The van der Waals surface area contributed by atoms with Crippen molar-refractivity contribution in [3.63, 3.8) is 0 Å². The number of aromatic nitrogens is 5. The van der Waals surface area contributed by atoms with Crippen molar-refractivity contribution < 1.29 is 22.6 Å². The third kappa shape index (κ3) is 4.37. The Hall–Kier alpha value is -4.03. The molecule has 2 aromatic heterocycles. The second-order valence-electron chi connectivity index (χ2n) is 8.62. The molecule has 0 aliphatic heterocycles. The van der Waals surface area contributed by atoms with E-state index in [1.54, 1.807) is 14.2 Å². The maximum atomic E-state index is 13.9. The Kier molecular flexibility index (Phi) is 6.67. The van der Waals surface area contributed by atoms with Gasteiger partial charge in [0.2, 0.25) is 0 Å². The molecular weight excluding hydrogens is 655 g/mol. The van der Waals surface area contributed by atoms with E-state index in [0.717, 1.165) is 28.1 Å². The normalized spacial score (nSPS) is 11.4. The van der Waals surface area contributed by atoms with Gasteiger partial charge in [0.25, 0.3) is 0 Å². The molecule has 0 amide bonds. The molecule has 0 saturated heterocycles. The summed E-state index contributed by atoms with van der Waals surface area (Å²) in [5.41, 5.74) is 4.20. The van der Waals surface area contributed by atoms with Gasteiger partial charge in [-0.25, -0.2) is 23.1 Å². The van der Waals surface area contributed by atoms with Gasteiger partial charge in [0.15, 0.2) is 17.5 Å². The highest BCUT2D eigenvalue weighted by atomic mass is 79.9. The van der Waals surface area contributed by atoms with Gasteiger partial charge in [0.1, 0.15) is 33.6 Å². The molecule has 0 unspecified atom stereocenters. The number of methoxy groups -OCH3 is 2. The van der Waals surface area contributed by atoms with Gasteiger partial charge < -0.3 is 9.47 Å². The Labute approximate surface area is 241 Å². The minimum absolute atomic E-state index is 0.0921. The van der Waals surface area contributed by atoms with Crippen molar-refractivity contribution in [2.24, 2.45) is 0 Å². The third-order valence-corrected chi connectivity index (χ3v) is 7.73. The molecule has 12 heteroatoms. The topological polar surface area (TPSA) is 75.0 Å². The average molecular weight is 671 g/mol. The molecule has 0 saturated carbocycles. The Morgan fingerprint density at radius 3 is 1.52 bits per heavy atom. The number of rotatable bonds is 5. The van der Waals surface area contributed by atoms with Crippen LogP contribution in [0.3, 0.4) is 0 Å².